The van der Waals surface area contributed by atoms with Crippen LogP contribution in [-0.2, 0) is 0 Å². The Morgan fingerprint density at radius 3 is 2.76 bits per heavy atom. The van der Waals surface area contributed by atoms with Gasteiger partial charge in [0.15, 0.2) is 0 Å². The SMILES string of the molecule is Cc1cc(C#N)ccc1OCCCNC(C)C. The Balaban J connectivity index is 2.35. The summed E-state index contributed by atoms with van der Waals surface area (Å²) in [5.74, 6) is 0.869. The third kappa shape index (κ3) is 4.88. The highest BCUT2D eigenvalue weighted by molar-refractivity contribution is 5.41. The highest BCUT2D eigenvalue weighted by Gasteiger charge is 2.00. The van der Waals surface area contributed by atoms with Crippen molar-refractivity contribution in [3.8, 4) is 11.8 Å². The van der Waals surface area contributed by atoms with Gasteiger partial charge in [0.1, 0.15) is 5.75 Å². The molecule has 92 valence electrons. The minimum atomic E-state index is 0.520. The van der Waals surface area contributed by atoms with Gasteiger partial charge in [0.05, 0.1) is 18.2 Å². The first-order valence-electron chi connectivity index (χ1n) is 6.00. The first-order valence-corrected chi connectivity index (χ1v) is 6.00. The van der Waals surface area contributed by atoms with Crippen molar-refractivity contribution in [3.63, 3.8) is 0 Å². The lowest BCUT2D eigenvalue weighted by molar-refractivity contribution is 0.304. The Morgan fingerprint density at radius 1 is 1.41 bits per heavy atom. The van der Waals surface area contributed by atoms with E-state index in [4.69, 9.17) is 10.00 Å². The third-order valence-corrected chi connectivity index (χ3v) is 2.44. The first kappa shape index (κ1) is 13.5. The second-order valence-electron chi connectivity index (χ2n) is 4.40. The third-order valence-electron chi connectivity index (χ3n) is 2.44. The minimum absolute atomic E-state index is 0.520. The van der Waals surface area contributed by atoms with E-state index in [1.165, 1.54) is 0 Å². The maximum absolute atomic E-state index is 8.75. The highest BCUT2D eigenvalue weighted by atomic mass is 16.5. The molecule has 0 spiro atoms. The van der Waals surface area contributed by atoms with E-state index in [9.17, 15) is 0 Å². The van der Waals surface area contributed by atoms with Gasteiger partial charge in [0.25, 0.3) is 0 Å². The van der Waals surface area contributed by atoms with Gasteiger partial charge in [-0.3, -0.25) is 0 Å². The number of benzene rings is 1. The molecule has 0 bridgehead atoms. The summed E-state index contributed by atoms with van der Waals surface area (Å²) in [6.45, 7) is 7.89. The van der Waals surface area contributed by atoms with Gasteiger partial charge in [0.2, 0.25) is 0 Å². The molecule has 3 heteroatoms. The molecule has 1 rings (SSSR count). The molecule has 0 aliphatic carbocycles. The van der Waals surface area contributed by atoms with Crippen LogP contribution in [0.1, 0.15) is 31.4 Å². The van der Waals surface area contributed by atoms with Crippen LogP contribution in [0.3, 0.4) is 0 Å². The molecule has 0 aromatic heterocycles. The van der Waals surface area contributed by atoms with Crippen LogP contribution in [-0.4, -0.2) is 19.2 Å². The molecule has 0 radical (unpaired) electrons. The standard InChI is InChI=1S/C14H20N2O/c1-11(2)16-7-4-8-17-14-6-5-13(10-15)9-12(14)3/h5-6,9,11,16H,4,7-8H2,1-3H3. The molecular weight excluding hydrogens is 212 g/mol. The predicted octanol–water partition coefficient (Wildman–Crippen LogP) is 2.63. The topological polar surface area (TPSA) is 45.0 Å². The lowest BCUT2D eigenvalue weighted by atomic mass is 10.1. The number of rotatable bonds is 6. The van der Waals surface area contributed by atoms with Crippen LogP contribution in [0.15, 0.2) is 18.2 Å². The van der Waals surface area contributed by atoms with E-state index in [0.717, 1.165) is 24.3 Å². The summed E-state index contributed by atoms with van der Waals surface area (Å²) in [5.41, 5.74) is 1.69. The molecule has 0 fully saturated rings. The van der Waals surface area contributed by atoms with Crippen LogP contribution >= 0.6 is 0 Å². The average molecular weight is 232 g/mol. The van der Waals surface area contributed by atoms with Gasteiger partial charge in [-0.05, 0) is 43.7 Å². The van der Waals surface area contributed by atoms with E-state index in [1.54, 1.807) is 6.07 Å². The van der Waals surface area contributed by atoms with E-state index in [0.29, 0.717) is 18.2 Å². The van der Waals surface area contributed by atoms with Gasteiger partial charge < -0.3 is 10.1 Å². The summed E-state index contributed by atoms with van der Waals surface area (Å²) in [6, 6.07) is 8.14. The molecule has 0 unspecified atom stereocenters. The summed E-state index contributed by atoms with van der Waals surface area (Å²) in [5, 5.41) is 12.1. The van der Waals surface area contributed by atoms with Gasteiger partial charge in [-0.2, -0.15) is 5.26 Å². The van der Waals surface area contributed by atoms with Crippen LogP contribution < -0.4 is 10.1 Å². The van der Waals surface area contributed by atoms with E-state index in [1.807, 2.05) is 19.1 Å². The Kier molecular flexibility index (Phi) is 5.51. The average Bonchev–Trinajstić information content (AvgIpc) is 2.30. The largest absolute Gasteiger partial charge is 0.493 e. The second-order valence-corrected chi connectivity index (χ2v) is 4.40. The van der Waals surface area contributed by atoms with Crippen LogP contribution in [0.25, 0.3) is 0 Å². The number of ether oxygens (including phenoxy) is 1. The number of hydrogen-bond acceptors (Lipinski definition) is 3. The van der Waals surface area contributed by atoms with Gasteiger partial charge in [-0.25, -0.2) is 0 Å². The Bertz CT molecular complexity index is 394. The molecule has 0 heterocycles. The molecule has 0 aliphatic rings. The van der Waals surface area contributed by atoms with Crippen LogP contribution in [0.2, 0.25) is 0 Å². The summed E-state index contributed by atoms with van der Waals surface area (Å²) in [7, 11) is 0. The fourth-order valence-electron chi connectivity index (χ4n) is 1.53. The number of nitrogens with one attached hydrogen (secondary N) is 1. The van der Waals surface area contributed by atoms with Crippen LogP contribution in [0.4, 0.5) is 0 Å². The molecule has 17 heavy (non-hydrogen) atoms. The fraction of sp³-hybridized carbons (Fsp3) is 0.500. The summed E-state index contributed by atoms with van der Waals surface area (Å²) in [4.78, 5) is 0. The Labute approximate surface area is 103 Å². The van der Waals surface area contributed by atoms with Crippen molar-refractivity contribution in [2.75, 3.05) is 13.2 Å². The molecule has 0 saturated heterocycles. The molecule has 1 aromatic rings. The maximum Gasteiger partial charge on any atom is 0.122 e. The summed E-state index contributed by atoms with van der Waals surface area (Å²) in [6.07, 6.45) is 0.984. The summed E-state index contributed by atoms with van der Waals surface area (Å²) < 4.78 is 5.67. The van der Waals surface area contributed by atoms with Crippen LogP contribution in [0.5, 0.6) is 5.75 Å². The fourth-order valence-corrected chi connectivity index (χ4v) is 1.53. The lowest BCUT2D eigenvalue weighted by Gasteiger charge is -2.10. The smallest absolute Gasteiger partial charge is 0.122 e. The normalized spacial score (nSPS) is 10.3. The second kappa shape index (κ2) is 6.93. The quantitative estimate of drug-likeness (QED) is 0.767. The lowest BCUT2D eigenvalue weighted by Crippen LogP contribution is -2.24. The molecule has 0 aliphatic heterocycles. The van der Waals surface area contributed by atoms with Crippen LogP contribution in [0, 0.1) is 18.3 Å². The zero-order valence-corrected chi connectivity index (χ0v) is 10.8. The molecule has 0 saturated carbocycles. The van der Waals surface area contributed by atoms with E-state index >= 15 is 0 Å². The molecule has 1 aromatic carbocycles. The maximum atomic E-state index is 8.75. The number of aryl methyl sites for hydroxylation is 1. The summed E-state index contributed by atoms with van der Waals surface area (Å²) >= 11 is 0. The molecule has 0 amide bonds. The van der Waals surface area contributed by atoms with Crippen molar-refractivity contribution in [2.45, 2.75) is 33.2 Å². The van der Waals surface area contributed by atoms with Crippen molar-refractivity contribution in [1.82, 2.24) is 5.32 Å². The van der Waals surface area contributed by atoms with Gasteiger partial charge in [0, 0.05) is 6.04 Å². The molecule has 1 N–H and O–H groups in total. The van der Waals surface area contributed by atoms with Gasteiger partial charge in [-0.15, -0.1) is 0 Å². The number of nitriles is 1. The highest BCUT2D eigenvalue weighted by Crippen LogP contribution is 2.18. The van der Waals surface area contributed by atoms with Gasteiger partial charge in [-0.1, -0.05) is 13.8 Å². The van der Waals surface area contributed by atoms with E-state index < -0.39 is 0 Å². The molecule has 0 atom stereocenters. The zero-order chi connectivity index (χ0) is 12.7. The number of hydrogen-bond donors (Lipinski definition) is 1. The van der Waals surface area contributed by atoms with Crippen molar-refractivity contribution < 1.29 is 4.74 Å². The Hall–Kier alpha value is -1.53. The molecular formula is C14H20N2O. The monoisotopic (exact) mass is 232 g/mol. The minimum Gasteiger partial charge on any atom is -0.493 e. The first-order chi connectivity index (χ1) is 8.13. The zero-order valence-electron chi connectivity index (χ0n) is 10.8. The van der Waals surface area contributed by atoms with Gasteiger partial charge >= 0.3 is 0 Å². The van der Waals surface area contributed by atoms with Crippen molar-refractivity contribution >= 4 is 0 Å². The molecule has 3 nitrogen and oxygen atoms in total. The van der Waals surface area contributed by atoms with Crippen molar-refractivity contribution in [2.24, 2.45) is 0 Å². The van der Waals surface area contributed by atoms with E-state index in [2.05, 4.69) is 25.2 Å². The Morgan fingerprint density at radius 2 is 2.18 bits per heavy atom. The number of nitrogens with zero attached hydrogens (tertiary/aromatic N) is 1. The predicted molar refractivity (Wildman–Crippen MR) is 69.1 cm³/mol. The van der Waals surface area contributed by atoms with Crippen molar-refractivity contribution in [1.29, 1.82) is 5.26 Å². The van der Waals surface area contributed by atoms with Crippen molar-refractivity contribution in [3.05, 3.63) is 29.3 Å². The van der Waals surface area contributed by atoms with E-state index in [-0.39, 0.29) is 0 Å².